The van der Waals surface area contributed by atoms with Crippen molar-refractivity contribution in [3.05, 3.63) is 34.4 Å². The van der Waals surface area contributed by atoms with Crippen LogP contribution in [-0.4, -0.2) is 11.7 Å². The van der Waals surface area contributed by atoms with E-state index in [1.54, 1.807) is 0 Å². The number of amides is 1. The van der Waals surface area contributed by atoms with E-state index in [4.69, 9.17) is 11.6 Å². The summed E-state index contributed by atoms with van der Waals surface area (Å²) in [6.07, 6.45) is 5.86. The van der Waals surface area contributed by atoms with Gasteiger partial charge in [-0.05, 0) is 60.6 Å². The zero-order valence-electron chi connectivity index (χ0n) is 11.8. The zero-order valence-corrected chi connectivity index (χ0v) is 12.6. The first-order valence-corrected chi connectivity index (χ1v) is 7.73. The van der Waals surface area contributed by atoms with Gasteiger partial charge in [0, 0.05) is 18.3 Å². The fraction of sp³-hybridized carbons (Fsp3) is 0.412. The summed E-state index contributed by atoms with van der Waals surface area (Å²) in [5.74, 6) is 0.363. The van der Waals surface area contributed by atoms with E-state index < -0.39 is 0 Å². The number of carbonyl (C=O) groups is 2. The molecule has 3 aliphatic carbocycles. The highest BCUT2D eigenvalue weighted by molar-refractivity contribution is 6.34. The highest BCUT2D eigenvalue weighted by atomic mass is 35.5. The third-order valence-corrected chi connectivity index (χ3v) is 5.50. The van der Waals surface area contributed by atoms with Gasteiger partial charge in [-0.2, -0.15) is 0 Å². The van der Waals surface area contributed by atoms with Crippen molar-refractivity contribution in [2.45, 2.75) is 32.6 Å². The van der Waals surface area contributed by atoms with Crippen molar-refractivity contribution in [3.8, 4) is 0 Å². The molecule has 108 valence electrons. The summed E-state index contributed by atoms with van der Waals surface area (Å²) in [6, 6.07) is 3.89. The highest BCUT2D eigenvalue weighted by Gasteiger charge is 2.51. The summed E-state index contributed by atoms with van der Waals surface area (Å²) in [7, 11) is 0. The van der Waals surface area contributed by atoms with Crippen molar-refractivity contribution >= 4 is 34.6 Å². The maximum Gasteiger partial charge on any atom is 0.221 e. The number of allylic oxidation sites excluding steroid dienone is 2. The molecule has 2 bridgehead atoms. The van der Waals surface area contributed by atoms with E-state index in [9.17, 15) is 9.59 Å². The number of benzene rings is 1. The van der Waals surface area contributed by atoms with Gasteiger partial charge in [0.15, 0.2) is 5.78 Å². The van der Waals surface area contributed by atoms with E-state index >= 15 is 0 Å². The molecule has 0 aromatic heterocycles. The van der Waals surface area contributed by atoms with E-state index in [2.05, 4.69) is 5.32 Å². The Bertz CT molecular complexity index is 722. The van der Waals surface area contributed by atoms with Gasteiger partial charge in [-0.25, -0.2) is 0 Å². The molecule has 0 heterocycles. The van der Waals surface area contributed by atoms with E-state index in [1.165, 1.54) is 18.1 Å². The van der Waals surface area contributed by atoms with Gasteiger partial charge in [0.2, 0.25) is 5.91 Å². The van der Waals surface area contributed by atoms with Gasteiger partial charge >= 0.3 is 0 Å². The lowest BCUT2D eigenvalue weighted by atomic mass is 9.74. The molecule has 2 atom stereocenters. The molecule has 1 aromatic carbocycles. The molecule has 3 aliphatic rings. The lowest BCUT2D eigenvalue weighted by molar-refractivity contribution is -0.118. The summed E-state index contributed by atoms with van der Waals surface area (Å²) >= 11 is 6.29. The van der Waals surface area contributed by atoms with Crippen LogP contribution in [0.15, 0.2) is 18.2 Å². The molecular weight excluding hydrogens is 286 g/mol. The van der Waals surface area contributed by atoms with Crippen molar-refractivity contribution in [2.75, 3.05) is 5.32 Å². The van der Waals surface area contributed by atoms with Crippen LogP contribution in [0.2, 0.25) is 5.02 Å². The molecule has 1 aromatic rings. The van der Waals surface area contributed by atoms with Crippen LogP contribution in [0.5, 0.6) is 0 Å². The Morgan fingerprint density at radius 3 is 3.00 bits per heavy atom. The molecule has 1 spiro atoms. The summed E-state index contributed by atoms with van der Waals surface area (Å²) in [5.41, 5.74) is 4.28. The Morgan fingerprint density at radius 1 is 1.43 bits per heavy atom. The standard InChI is InChI=1S/C17H16ClNO2/c1-9(20)19-15-4-11-8-17-3-2-10(7-17)16(21)6-13(17)12(11)5-14(15)18/h4-6,10H,2-3,7-8H2,1H3,(H,19,20). The molecule has 4 rings (SSSR count). The third-order valence-electron chi connectivity index (χ3n) is 5.19. The molecule has 21 heavy (non-hydrogen) atoms. The van der Waals surface area contributed by atoms with E-state index in [1.807, 2.05) is 18.2 Å². The molecule has 0 aliphatic heterocycles. The van der Waals surface area contributed by atoms with Crippen molar-refractivity contribution in [1.29, 1.82) is 0 Å². The first-order valence-electron chi connectivity index (χ1n) is 7.35. The second-order valence-electron chi connectivity index (χ2n) is 6.53. The zero-order chi connectivity index (χ0) is 14.8. The van der Waals surface area contributed by atoms with Crippen LogP contribution >= 0.6 is 11.6 Å². The van der Waals surface area contributed by atoms with Crippen molar-refractivity contribution < 1.29 is 9.59 Å². The van der Waals surface area contributed by atoms with Gasteiger partial charge in [0.1, 0.15) is 0 Å². The topological polar surface area (TPSA) is 46.2 Å². The first kappa shape index (κ1) is 13.1. The monoisotopic (exact) mass is 301 g/mol. The average molecular weight is 302 g/mol. The van der Waals surface area contributed by atoms with Crippen LogP contribution in [0.25, 0.3) is 5.57 Å². The van der Waals surface area contributed by atoms with E-state index in [-0.39, 0.29) is 23.0 Å². The highest BCUT2D eigenvalue weighted by Crippen LogP contribution is 2.60. The average Bonchev–Trinajstić information content (AvgIpc) is 2.92. The van der Waals surface area contributed by atoms with Crippen molar-refractivity contribution in [3.63, 3.8) is 0 Å². The Labute approximate surface area is 128 Å². The van der Waals surface area contributed by atoms with Crippen LogP contribution in [-0.2, 0) is 16.0 Å². The number of nitrogens with one attached hydrogen (secondary N) is 1. The molecular formula is C17H16ClNO2. The summed E-state index contributed by atoms with van der Waals surface area (Å²) < 4.78 is 0. The number of fused-ring (bicyclic) bond motifs is 3. The van der Waals surface area contributed by atoms with Gasteiger partial charge < -0.3 is 5.32 Å². The van der Waals surface area contributed by atoms with Crippen LogP contribution in [0.3, 0.4) is 0 Å². The Balaban J connectivity index is 1.84. The number of carbonyl (C=O) groups excluding carboxylic acids is 2. The maximum atomic E-state index is 12.1. The van der Waals surface area contributed by atoms with Crippen LogP contribution in [0, 0.1) is 11.3 Å². The normalized spacial score (nSPS) is 29.0. The molecule has 0 radical (unpaired) electrons. The first-order chi connectivity index (χ1) is 9.98. The number of hydrogen-bond donors (Lipinski definition) is 1. The minimum atomic E-state index is -0.124. The smallest absolute Gasteiger partial charge is 0.221 e. The van der Waals surface area contributed by atoms with Crippen LogP contribution in [0.4, 0.5) is 5.69 Å². The number of rotatable bonds is 1. The largest absolute Gasteiger partial charge is 0.325 e. The molecule has 1 saturated carbocycles. The summed E-state index contributed by atoms with van der Waals surface area (Å²) in [5, 5.41) is 3.31. The summed E-state index contributed by atoms with van der Waals surface area (Å²) in [6.45, 7) is 1.48. The van der Waals surface area contributed by atoms with Gasteiger partial charge in [0.05, 0.1) is 10.7 Å². The summed E-state index contributed by atoms with van der Waals surface area (Å²) in [4.78, 5) is 23.4. The minimum Gasteiger partial charge on any atom is -0.325 e. The fourth-order valence-electron chi connectivity index (χ4n) is 4.31. The maximum absolute atomic E-state index is 12.1. The molecule has 1 amide bonds. The molecule has 1 fully saturated rings. The predicted octanol–water partition coefficient (Wildman–Crippen LogP) is 3.61. The fourth-order valence-corrected chi connectivity index (χ4v) is 4.52. The van der Waals surface area contributed by atoms with E-state index in [0.29, 0.717) is 10.7 Å². The van der Waals surface area contributed by atoms with Crippen molar-refractivity contribution in [2.24, 2.45) is 11.3 Å². The van der Waals surface area contributed by atoms with E-state index in [0.717, 1.165) is 31.2 Å². The lowest BCUT2D eigenvalue weighted by Crippen LogP contribution is -2.23. The Hall–Kier alpha value is -1.61. The third kappa shape index (κ3) is 1.80. The second-order valence-corrected chi connectivity index (χ2v) is 6.93. The van der Waals surface area contributed by atoms with Crippen LogP contribution in [0.1, 0.15) is 37.3 Å². The second kappa shape index (κ2) is 4.20. The molecule has 1 N–H and O–H groups in total. The van der Waals surface area contributed by atoms with Gasteiger partial charge in [-0.1, -0.05) is 11.6 Å². The Kier molecular flexibility index (Phi) is 2.62. The minimum absolute atomic E-state index is 0.124. The van der Waals surface area contributed by atoms with Crippen molar-refractivity contribution in [1.82, 2.24) is 0 Å². The molecule has 2 unspecified atom stereocenters. The molecule has 4 heteroatoms. The van der Waals surface area contributed by atoms with Gasteiger partial charge in [-0.3, -0.25) is 9.59 Å². The SMILES string of the molecule is CC(=O)Nc1cc2c(cc1Cl)C1=CC(=O)C3CCC1(C2)C3. The quantitative estimate of drug-likeness (QED) is 0.861. The predicted molar refractivity (Wildman–Crippen MR) is 82.2 cm³/mol. The molecule has 3 nitrogen and oxygen atoms in total. The number of anilines is 1. The molecule has 0 saturated heterocycles. The lowest BCUT2D eigenvalue weighted by Gasteiger charge is -2.28. The number of hydrogen-bond acceptors (Lipinski definition) is 2. The Morgan fingerprint density at radius 2 is 2.24 bits per heavy atom. The van der Waals surface area contributed by atoms with Gasteiger partial charge in [-0.15, -0.1) is 0 Å². The number of ketones is 1. The van der Waals surface area contributed by atoms with Crippen LogP contribution < -0.4 is 5.32 Å². The number of halogens is 1. The van der Waals surface area contributed by atoms with Gasteiger partial charge in [0.25, 0.3) is 0 Å².